The number of tetrazole rings is 2. The van der Waals surface area contributed by atoms with Crippen LogP contribution in [0.5, 0.6) is 0 Å². The SMILES string of the molecule is O=C(C=Cc1cc(Cl)ccc1-n1cnnn1)N[C@@H](Cc1ccccc1)C(=O)Nc1ccc(NC(=O)OCCc2nnn[nH]2)cc1. The average molecular weight is 628 g/mol. The van der Waals surface area contributed by atoms with E-state index in [4.69, 9.17) is 16.3 Å². The molecule has 0 aliphatic carbocycles. The van der Waals surface area contributed by atoms with E-state index in [0.29, 0.717) is 39.9 Å². The van der Waals surface area contributed by atoms with Crippen LogP contribution in [-0.2, 0) is 27.2 Å². The maximum Gasteiger partial charge on any atom is 0.411 e. The molecule has 0 aliphatic heterocycles. The molecule has 4 N–H and O–H groups in total. The summed E-state index contributed by atoms with van der Waals surface area (Å²) in [5.41, 5.74) is 2.99. The van der Waals surface area contributed by atoms with E-state index in [1.165, 1.54) is 17.1 Å². The van der Waals surface area contributed by atoms with E-state index in [9.17, 15) is 14.4 Å². The lowest BCUT2D eigenvalue weighted by Crippen LogP contribution is -2.44. The van der Waals surface area contributed by atoms with Gasteiger partial charge in [0.2, 0.25) is 11.8 Å². The molecule has 15 nitrogen and oxygen atoms in total. The van der Waals surface area contributed by atoms with Crippen molar-refractivity contribution < 1.29 is 19.1 Å². The first-order valence-corrected chi connectivity index (χ1v) is 13.9. The Morgan fingerprint density at radius 1 is 0.978 bits per heavy atom. The molecule has 45 heavy (non-hydrogen) atoms. The number of carbonyl (C=O) groups is 3. The fourth-order valence-corrected chi connectivity index (χ4v) is 4.31. The fourth-order valence-electron chi connectivity index (χ4n) is 4.13. The molecule has 0 bridgehead atoms. The van der Waals surface area contributed by atoms with Gasteiger partial charge in [-0.05, 0) is 75.0 Å². The summed E-state index contributed by atoms with van der Waals surface area (Å²) in [6.07, 6.45) is 4.24. The number of benzene rings is 3. The summed E-state index contributed by atoms with van der Waals surface area (Å²) in [6.45, 7) is 0.0834. The van der Waals surface area contributed by atoms with E-state index in [0.717, 1.165) is 5.56 Å². The van der Waals surface area contributed by atoms with Crippen molar-refractivity contribution in [3.05, 3.63) is 107 Å². The first kappa shape index (κ1) is 30.5. The highest BCUT2D eigenvalue weighted by atomic mass is 35.5. The summed E-state index contributed by atoms with van der Waals surface area (Å²) in [7, 11) is 0. The summed E-state index contributed by atoms with van der Waals surface area (Å²) in [5.74, 6) is -0.428. The predicted molar refractivity (Wildman–Crippen MR) is 163 cm³/mol. The second kappa shape index (κ2) is 15.0. The number of aromatic nitrogens is 8. The van der Waals surface area contributed by atoms with Crippen molar-refractivity contribution in [2.45, 2.75) is 18.9 Å². The van der Waals surface area contributed by atoms with Gasteiger partial charge in [-0.25, -0.2) is 9.89 Å². The first-order chi connectivity index (χ1) is 21.9. The Balaban J connectivity index is 1.21. The van der Waals surface area contributed by atoms with Gasteiger partial charge in [0.05, 0.1) is 5.69 Å². The lowest BCUT2D eigenvalue weighted by Gasteiger charge is -2.18. The van der Waals surface area contributed by atoms with E-state index in [1.54, 1.807) is 48.5 Å². The summed E-state index contributed by atoms with van der Waals surface area (Å²) in [4.78, 5) is 38.5. The number of H-pyrrole nitrogens is 1. The van der Waals surface area contributed by atoms with Crippen LogP contribution in [0, 0.1) is 0 Å². The van der Waals surface area contributed by atoms with Crippen LogP contribution in [0.25, 0.3) is 11.8 Å². The number of ether oxygens (including phenoxy) is 1. The smallest absolute Gasteiger partial charge is 0.411 e. The van der Waals surface area contributed by atoms with Crippen molar-refractivity contribution in [3.8, 4) is 5.69 Å². The van der Waals surface area contributed by atoms with Crippen LogP contribution in [0.4, 0.5) is 16.2 Å². The van der Waals surface area contributed by atoms with E-state index < -0.39 is 23.9 Å². The summed E-state index contributed by atoms with van der Waals surface area (Å²) in [6, 6.07) is 20.0. The molecule has 0 aliphatic rings. The third-order valence-electron chi connectivity index (χ3n) is 6.28. The van der Waals surface area contributed by atoms with Crippen LogP contribution in [0.2, 0.25) is 5.02 Å². The summed E-state index contributed by atoms with van der Waals surface area (Å²) >= 11 is 6.18. The molecular weight excluding hydrogens is 602 g/mol. The van der Waals surface area contributed by atoms with Gasteiger partial charge in [-0.1, -0.05) is 41.9 Å². The Morgan fingerprint density at radius 2 is 1.76 bits per heavy atom. The molecule has 3 amide bonds. The topological polar surface area (TPSA) is 195 Å². The third-order valence-corrected chi connectivity index (χ3v) is 6.51. The average Bonchev–Trinajstić information content (AvgIpc) is 3.77. The Hall–Kier alpha value is -5.96. The zero-order valence-corrected chi connectivity index (χ0v) is 24.3. The van der Waals surface area contributed by atoms with Gasteiger partial charge in [0.1, 0.15) is 19.0 Å². The summed E-state index contributed by atoms with van der Waals surface area (Å²) in [5, 5.41) is 33.1. The highest BCUT2D eigenvalue weighted by Crippen LogP contribution is 2.20. The van der Waals surface area contributed by atoms with Gasteiger partial charge in [-0.15, -0.1) is 10.2 Å². The van der Waals surface area contributed by atoms with E-state index >= 15 is 0 Å². The molecule has 0 spiro atoms. The molecule has 0 unspecified atom stereocenters. The molecular formula is C29H26ClN11O4. The quantitative estimate of drug-likeness (QED) is 0.149. The van der Waals surface area contributed by atoms with Crippen molar-refractivity contribution in [1.82, 2.24) is 46.1 Å². The number of nitrogens with one attached hydrogen (secondary N) is 4. The van der Waals surface area contributed by atoms with Crippen LogP contribution in [-0.4, -0.2) is 71.4 Å². The number of hydrogen-bond acceptors (Lipinski definition) is 10. The second-order valence-corrected chi connectivity index (χ2v) is 9.90. The van der Waals surface area contributed by atoms with Crippen molar-refractivity contribution in [2.75, 3.05) is 17.2 Å². The fraction of sp³-hybridized carbons (Fsp3) is 0.138. The molecule has 0 radical (unpaired) electrons. The number of carbonyl (C=O) groups excluding carboxylic acids is 3. The van der Waals surface area contributed by atoms with Gasteiger partial charge >= 0.3 is 6.09 Å². The number of rotatable bonds is 12. The number of amides is 3. The molecule has 228 valence electrons. The van der Waals surface area contributed by atoms with Gasteiger partial charge in [0, 0.05) is 40.9 Å². The minimum atomic E-state index is -0.907. The van der Waals surface area contributed by atoms with Gasteiger partial charge in [0.15, 0.2) is 5.82 Å². The minimum Gasteiger partial charge on any atom is -0.449 e. The Morgan fingerprint density at radius 3 is 2.47 bits per heavy atom. The monoisotopic (exact) mass is 627 g/mol. The van der Waals surface area contributed by atoms with E-state index in [2.05, 4.69) is 52.1 Å². The van der Waals surface area contributed by atoms with Crippen LogP contribution in [0.1, 0.15) is 17.0 Å². The molecule has 2 aromatic heterocycles. The van der Waals surface area contributed by atoms with E-state index in [1.807, 2.05) is 30.3 Å². The summed E-state index contributed by atoms with van der Waals surface area (Å²) < 4.78 is 6.57. The maximum atomic E-state index is 13.4. The first-order valence-electron chi connectivity index (χ1n) is 13.6. The molecule has 1 atom stereocenters. The lowest BCUT2D eigenvalue weighted by atomic mass is 10.0. The zero-order valence-electron chi connectivity index (χ0n) is 23.5. The lowest BCUT2D eigenvalue weighted by molar-refractivity contribution is -0.123. The molecule has 0 saturated heterocycles. The second-order valence-electron chi connectivity index (χ2n) is 9.47. The van der Waals surface area contributed by atoms with Crippen LogP contribution in [0.3, 0.4) is 0 Å². The van der Waals surface area contributed by atoms with E-state index in [-0.39, 0.29) is 13.0 Å². The van der Waals surface area contributed by atoms with Crippen molar-refractivity contribution in [2.24, 2.45) is 0 Å². The van der Waals surface area contributed by atoms with Crippen LogP contribution < -0.4 is 16.0 Å². The highest BCUT2D eigenvalue weighted by molar-refractivity contribution is 6.30. The van der Waals surface area contributed by atoms with Gasteiger partial charge in [-0.3, -0.25) is 14.9 Å². The normalized spacial score (nSPS) is 11.6. The number of halogens is 1. The third kappa shape index (κ3) is 9.01. The van der Waals surface area contributed by atoms with Crippen molar-refractivity contribution in [3.63, 3.8) is 0 Å². The molecule has 0 fully saturated rings. The molecule has 5 rings (SSSR count). The number of anilines is 2. The molecule has 0 saturated carbocycles. The largest absolute Gasteiger partial charge is 0.449 e. The predicted octanol–water partition coefficient (Wildman–Crippen LogP) is 3.00. The van der Waals surface area contributed by atoms with Gasteiger partial charge in [0.25, 0.3) is 0 Å². The maximum absolute atomic E-state index is 13.4. The zero-order chi connectivity index (χ0) is 31.4. The van der Waals surface area contributed by atoms with Crippen molar-refractivity contribution >= 4 is 47.0 Å². The number of nitrogens with zero attached hydrogens (tertiary/aromatic N) is 7. The molecule has 5 aromatic rings. The number of hydrogen-bond donors (Lipinski definition) is 4. The standard InChI is InChI=1S/C29H26ClN11O4/c30-21-7-12-25(41-18-31-37-40-41)20(17-21)6-13-27(42)34-24(16-19-4-2-1-3-5-19)28(43)32-22-8-10-23(11-9-22)33-29(44)45-15-14-26-35-38-39-36-26/h1-13,17-18,24H,14-16H2,(H,32,43)(H,33,44)(H,34,42)(H,35,36,38,39)/t24-/m0/s1. The molecule has 16 heteroatoms. The minimum absolute atomic E-state index is 0.0834. The van der Waals surface area contributed by atoms with Gasteiger partial charge < -0.3 is 15.4 Å². The van der Waals surface area contributed by atoms with Crippen LogP contribution >= 0.6 is 11.6 Å². The Bertz CT molecular complexity index is 1750. The molecule has 2 heterocycles. The van der Waals surface area contributed by atoms with Gasteiger partial charge in [-0.2, -0.15) is 4.68 Å². The van der Waals surface area contributed by atoms with Crippen LogP contribution in [0.15, 0.2) is 85.2 Å². The highest BCUT2D eigenvalue weighted by Gasteiger charge is 2.21. The Kier molecular flexibility index (Phi) is 10.1. The van der Waals surface area contributed by atoms with Crippen molar-refractivity contribution in [1.29, 1.82) is 0 Å². The Labute approximate surface area is 261 Å². The number of aromatic amines is 1. The molecule has 3 aromatic carbocycles.